The highest BCUT2D eigenvalue weighted by atomic mass is 19.4. The first-order valence-corrected chi connectivity index (χ1v) is 6.04. The number of nitrogens with zero attached hydrogens (tertiary/aromatic N) is 1. The quantitative estimate of drug-likeness (QED) is 0.614. The normalized spacial score (nSPS) is 11.2. The zero-order valence-electron chi connectivity index (χ0n) is 10.9. The van der Waals surface area contributed by atoms with Crippen molar-refractivity contribution in [2.45, 2.75) is 25.9 Å². The van der Waals surface area contributed by atoms with Crippen molar-refractivity contribution in [3.63, 3.8) is 0 Å². The minimum atomic E-state index is -4.32. The molecule has 0 fully saturated rings. The number of nitro benzene ring substituents is 1. The summed E-state index contributed by atoms with van der Waals surface area (Å²) in [5.41, 5.74) is 0.219. The summed E-state index contributed by atoms with van der Waals surface area (Å²) in [4.78, 5) is 10.1. The number of rotatable bonds is 7. The lowest BCUT2D eigenvalue weighted by Crippen LogP contribution is -2.13. The molecule has 0 aliphatic heterocycles. The summed E-state index contributed by atoms with van der Waals surface area (Å²) in [5, 5.41) is 13.7. The average molecular weight is 292 g/mol. The number of anilines is 1. The number of benzene rings is 1. The molecule has 0 radical (unpaired) electrons. The van der Waals surface area contributed by atoms with Crippen LogP contribution in [0.5, 0.6) is 5.75 Å². The Hall–Kier alpha value is -1.99. The van der Waals surface area contributed by atoms with Crippen LogP contribution in [0.15, 0.2) is 18.2 Å². The van der Waals surface area contributed by atoms with Gasteiger partial charge in [-0.3, -0.25) is 10.1 Å². The second-order valence-electron chi connectivity index (χ2n) is 4.11. The van der Waals surface area contributed by atoms with Gasteiger partial charge in [-0.1, -0.05) is 6.92 Å². The van der Waals surface area contributed by atoms with Crippen molar-refractivity contribution < 1.29 is 22.8 Å². The van der Waals surface area contributed by atoms with E-state index in [9.17, 15) is 23.3 Å². The third-order valence-electron chi connectivity index (χ3n) is 2.34. The maximum atomic E-state index is 12.0. The Kier molecular flexibility index (Phi) is 5.60. The first-order chi connectivity index (χ1) is 9.31. The van der Waals surface area contributed by atoms with Gasteiger partial charge in [0.2, 0.25) is 0 Å². The smallest absolute Gasteiger partial charge is 0.392 e. The third-order valence-corrected chi connectivity index (χ3v) is 2.34. The second kappa shape index (κ2) is 6.97. The third kappa shape index (κ3) is 5.77. The first-order valence-electron chi connectivity index (χ1n) is 6.04. The second-order valence-corrected chi connectivity index (χ2v) is 4.11. The summed E-state index contributed by atoms with van der Waals surface area (Å²) in [6.07, 6.45) is -4.61. The molecule has 0 amide bonds. The maximum absolute atomic E-state index is 12.0. The van der Waals surface area contributed by atoms with E-state index in [2.05, 4.69) is 5.32 Å². The van der Waals surface area contributed by atoms with Gasteiger partial charge in [-0.15, -0.1) is 0 Å². The predicted molar refractivity (Wildman–Crippen MR) is 68.0 cm³/mol. The molecule has 0 saturated heterocycles. The minimum Gasteiger partial charge on any atom is -0.493 e. The monoisotopic (exact) mass is 292 g/mol. The molecular weight excluding hydrogens is 277 g/mol. The zero-order valence-corrected chi connectivity index (χ0v) is 10.9. The molecule has 0 aromatic heterocycles. The highest BCUT2D eigenvalue weighted by molar-refractivity contribution is 5.56. The lowest BCUT2D eigenvalue weighted by molar-refractivity contribution is -0.384. The number of nitro groups is 1. The summed E-state index contributed by atoms with van der Waals surface area (Å²) in [7, 11) is 0. The highest BCUT2D eigenvalue weighted by Gasteiger charge is 2.27. The van der Waals surface area contributed by atoms with Crippen LogP contribution in [0.2, 0.25) is 0 Å². The van der Waals surface area contributed by atoms with Gasteiger partial charge in [0.1, 0.15) is 5.75 Å². The molecule has 0 saturated carbocycles. The Bertz CT molecular complexity index is 464. The predicted octanol–water partition coefficient (Wildman–Crippen LogP) is 3.75. The number of hydrogen-bond acceptors (Lipinski definition) is 4. The Labute approximate surface area is 113 Å². The van der Waals surface area contributed by atoms with Crippen molar-refractivity contribution in [3.05, 3.63) is 28.3 Å². The molecule has 112 valence electrons. The topological polar surface area (TPSA) is 64.4 Å². The summed E-state index contributed by atoms with van der Waals surface area (Å²) < 4.78 is 41.0. The summed E-state index contributed by atoms with van der Waals surface area (Å²) in [5.74, 6) is 0.0436. The van der Waals surface area contributed by atoms with Crippen LogP contribution in [0.3, 0.4) is 0 Å². The zero-order chi connectivity index (χ0) is 15.2. The van der Waals surface area contributed by atoms with Gasteiger partial charge in [0, 0.05) is 24.4 Å². The van der Waals surface area contributed by atoms with Gasteiger partial charge in [0.15, 0.2) is 0 Å². The van der Waals surface area contributed by atoms with E-state index in [1.807, 2.05) is 6.92 Å². The number of nitrogens with one attached hydrogen (secondary N) is 1. The molecule has 1 aromatic carbocycles. The van der Waals surface area contributed by atoms with Crippen LogP contribution in [0, 0.1) is 10.1 Å². The van der Waals surface area contributed by atoms with Crippen molar-refractivity contribution in [2.75, 3.05) is 18.5 Å². The first kappa shape index (κ1) is 16.1. The lowest BCUT2D eigenvalue weighted by atomic mass is 10.2. The molecule has 0 atom stereocenters. The van der Waals surface area contributed by atoms with E-state index in [4.69, 9.17) is 4.74 Å². The minimum absolute atomic E-state index is 0.0436. The molecule has 5 nitrogen and oxygen atoms in total. The van der Waals surface area contributed by atoms with Crippen LogP contribution >= 0.6 is 0 Å². The molecule has 0 bridgehead atoms. The molecule has 0 unspecified atom stereocenters. The molecule has 20 heavy (non-hydrogen) atoms. The maximum Gasteiger partial charge on any atom is 0.392 e. The highest BCUT2D eigenvalue weighted by Crippen LogP contribution is 2.27. The van der Waals surface area contributed by atoms with Crippen LogP contribution in [0.4, 0.5) is 24.5 Å². The number of non-ortho nitro benzene ring substituents is 1. The lowest BCUT2D eigenvalue weighted by Gasteiger charge is -2.11. The molecule has 1 N–H and O–H groups in total. The van der Waals surface area contributed by atoms with E-state index < -0.39 is 24.1 Å². The number of alkyl halides is 3. The molecule has 0 aliphatic carbocycles. The van der Waals surface area contributed by atoms with Crippen molar-refractivity contribution in [3.8, 4) is 5.75 Å². The summed E-state index contributed by atoms with van der Waals surface area (Å²) in [6.45, 7) is 1.95. The van der Waals surface area contributed by atoms with E-state index in [0.717, 1.165) is 12.5 Å². The number of halogens is 3. The Balaban J connectivity index is 2.77. The molecule has 1 rings (SSSR count). The Morgan fingerprint density at radius 1 is 1.35 bits per heavy atom. The number of hydrogen-bond donors (Lipinski definition) is 1. The molecule has 8 heteroatoms. The molecule has 1 aromatic rings. The summed E-state index contributed by atoms with van der Waals surface area (Å²) in [6, 6.07) is 3.86. The van der Waals surface area contributed by atoms with Crippen LogP contribution in [0.1, 0.15) is 19.8 Å². The van der Waals surface area contributed by atoms with Crippen molar-refractivity contribution in [2.24, 2.45) is 0 Å². The van der Waals surface area contributed by atoms with Crippen LogP contribution in [-0.4, -0.2) is 24.3 Å². The van der Waals surface area contributed by atoms with E-state index in [1.165, 1.54) is 12.1 Å². The number of ether oxygens (including phenoxy) is 1. The van der Waals surface area contributed by atoms with Gasteiger partial charge in [0.25, 0.3) is 5.69 Å². The molecule has 0 spiro atoms. The van der Waals surface area contributed by atoms with Crippen LogP contribution in [-0.2, 0) is 0 Å². The standard InChI is InChI=1S/C12H15F3N2O3/c1-2-4-16-9-6-10(17(18)19)8-11(7-9)20-5-3-12(13,14)15/h6-8,16H,2-5H2,1H3. The van der Waals surface area contributed by atoms with Gasteiger partial charge in [0.05, 0.1) is 24.0 Å². The van der Waals surface area contributed by atoms with Gasteiger partial charge < -0.3 is 10.1 Å². The summed E-state index contributed by atoms with van der Waals surface area (Å²) >= 11 is 0. The van der Waals surface area contributed by atoms with E-state index in [0.29, 0.717) is 12.2 Å². The molecular formula is C12H15F3N2O3. The average Bonchev–Trinajstić information content (AvgIpc) is 2.34. The van der Waals surface area contributed by atoms with E-state index >= 15 is 0 Å². The van der Waals surface area contributed by atoms with Gasteiger partial charge in [-0.05, 0) is 6.42 Å². The van der Waals surface area contributed by atoms with Crippen molar-refractivity contribution in [1.29, 1.82) is 0 Å². The molecule has 0 heterocycles. The Morgan fingerprint density at radius 3 is 2.60 bits per heavy atom. The fourth-order valence-corrected chi connectivity index (χ4v) is 1.43. The van der Waals surface area contributed by atoms with Crippen LogP contribution < -0.4 is 10.1 Å². The SMILES string of the molecule is CCCNc1cc(OCCC(F)(F)F)cc([N+](=O)[O-])c1. The fraction of sp³-hybridized carbons (Fsp3) is 0.500. The van der Waals surface area contributed by atoms with Gasteiger partial charge >= 0.3 is 6.18 Å². The largest absolute Gasteiger partial charge is 0.493 e. The van der Waals surface area contributed by atoms with E-state index in [-0.39, 0.29) is 11.4 Å². The van der Waals surface area contributed by atoms with Crippen LogP contribution in [0.25, 0.3) is 0 Å². The van der Waals surface area contributed by atoms with Crippen molar-refractivity contribution in [1.82, 2.24) is 0 Å². The Morgan fingerprint density at radius 2 is 2.05 bits per heavy atom. The molecule has 0 aliphatic rings. The van der Waals surface area contributed by atoms with Crippen molar-refractivity contribution >= 4 is 11.4 Å². The van der Waals surface area contributed by atoms with E-state index in [1.54, 1.807) is 0 Å². The van der Waals surface area contributed by atoms with Gasteiger partial charge in [-0.25, -0.2) is 0 Å². The van der Waals surface area contributed by atoms with Gasteiger partial charge in [-0.2, -0.15) is 13.2 Å². The fourth-order valence-electron chi connectivity index (χ4n) is 1.43.